The first kappa shape index (κ1) is 23.4. The molecule has 2 aliphatic rings. The molecule has 0 radical (unpaired) electrons. The Morgan fingerprint density at radius 1 is 1.41 bits per heavy atom. The first-order chi connectivity index (χ1) is 20.0. The number of rotatable bonds is 9. The molecule has 202 valence electrons. The van der Waals surface area contributed by atoms with Crippen molar-refractivity contribution in [1.29, 1.82) is 0 Å². The van der Waals surface area contributed by atoms with E-state index in [2.05, 4.69) is 24.8 Å². The number of nitrogen functional groups attached to an aromatic ring is 1. The number of nitrogens with two attached hydrogens (primary N) is 1. The molecule has 2 atom stereocenters. The highest BCUT2D eigenvalue weighted by Crippen LogP contribution is 2.46. The number of nitrogens with zero attached hydrogens (tertiary/aromatic N) is 6. The van der Waals surface area contributed by atoms with Gasteiger partial charge in [0, 0.05) is 45.3 Å². The third-order valence-corrected chi connectivity index (χ3v) is 9.42. The molecular weight excluding hydrogens is 585 g/mol. The summed E-state index contributed by atoms with van der Waals surface area (Å²) in [4.78, 5) is 53.5. The summed E-state index contributed by atoms with van der Waals surface area (Å²) in [6.07, 6.45) is 2.88. The number of aliphatic carboxylic acids is 1. The van der Waals surface area contributed by atoms with E-state index in [1.165, 1.54) is 35.5 Å². The molecule has 4 N–H and O–H groups in total. The van der Waals surface area contributed by atoms with Gasteiger partial charge in [0.25, 0.3) is 11.8 Å². The molecule has 1 saturated heterocycles. The Labute approximate surface area is 242 Å². The molecule has 39 heavy (non-hydrogen) atoms. The summed E-state index contributed by atoms with van der Waals surface area (Å²) in [5.74, 6) is -2.43. The van der Waals surface area contributed by atoms with Crippen LogP contribution >= 0.6 is 46.4 Å². The van der Waals surface area contributed by atoms with Crippen molar-refractivity contribution in [3.8, 4) is 11.3 Å². The summed E-state index contributed by atoms with van der Waals surface area (Å²) in [6.45, 7) is -0.441. The SMILES string of the molecule is [2H]C([2H])([2H])[n+]1ccc(-c2csc(SC3=C(C(=O)O)N4C(=O)[C@@H](NC(=O)/C(=N\OCC)c5nsc(N)n5)[C@H]4SC3)n2)cc1. The molecule has 0 saturated carbocycles. The van der Waals surface area contributed by atoms with Crippen LogP contribution < -0.4 is 15.6 Å². The number of hydrogen-bond donors (Lipinski definition) is 3. The van der Waals surface area contributed by atoms with Crippen molar-refractivity contribution in [1.82, 2.24) is 24.6 Å². The van der Waals surface area contributed by atoms with E-state index in [1.807, 2.05) is 0 Å². The number of fused-ring (bicyclic) bond motifs is 1. The van der Waals surface area contributed by atoms with E-state index in [4.69, 9.17) is 14.7 Å². The monoisotopic (exact) mass is 608 g/mol. The molecule has 0 spiro atoms. The van der Waals surface area contributed by atoms with Crippen LogP contribution in [0.15, 0.2) is 50.0 Å². The fourth-order valence-corrected chi connectivity index (χ4v) is 7.56. The van der Waals surface area contributed by atoms with Gasteiger partial charge < -0.3 is 21.0 Å². The Balaban J connectivity index is 1.31. The van der Waals surface area contributed by atoms with Crippen LogP contribution in [0.4, 0.5) is 5.13 Å². The van der Waals surface area contributed by atoms with Gasteiger partial charge in [0.1, 0.15) is 34.8 Å². The van der Waals surface area contributed by atoms with Crippen molar-refractivity contribution in [2.75, 3.05) is 18.1 Å². The van der Waals surface area contributed by atoms with Crippen LogP contribution in [0, 0.1) is 0 Å². The Bertz CT molecular complexity index is 1610. The van der Waals surface area contributed by atoms with Gasteiger partial charge in [-0.2, -0.15) is 9.36 Å². The smallest absolute Gasteiger partial charge is 0.353 e. The zero-order chi connectivity index (χ0) is 30.2. The molecule has 2 amide bonds. The van der Waals surface area contributed by atoms with Crippen LogP contribution in [-0.2, 0) is 26.2 Å². The van der Waals surface area contributed by atoms with Crippen LogP contribution in [-0.4, -0.2) is 71.6 Å². The van der Waals surface area contributed by atoms with Crippen LogP contribution in [0.25, 0.3) is 11.3 Å². The molecule has 3 aromatic rings. The summed E-state index contributed by atoms with van der Waals surface area (Å²) in [5, 5.41) is 17.6. The van der Waals surface area contributed by atoms with E-state index in [0.717, 1.165) is 32.8 Å². The van der Waals surface area contributed by atoms with Crippen LogP contribution in [0.1, 0.15) is 16.9 Å². The van der Waals surface area contributed by atoms with E-state index in [1.54, 1.807) is 24.4 Å². The highest BCUT2D eigenvalue weighted by Gasteiger charge is 2.54. The van der Waals surface area contributed by atoms with Crippen molar-refractivity contribution in [3.63, 3.8) is 0 Å². The lowest BCUT2D eigenvalue weighted by Gasteiger charge is -2.49. The van der Waals surface area contributed by atoms with Gasteiger partial charge in [-0.3, -0.25) is 14.5 Å². The Morgan fingerprint density at radius 3 is 2.87 bits per heavy atom. The van der Waals surface area contributed by atoms with Gasteiger partial charge in [0.2, 0.25) is 11.5 Å². The maximum Gasteiger partial charge on any atom is 0.353 e. The van der Waals surface area contributed by atoms with E-state index < -0.39 is 36.2 Å². The zero-order valence-electron chi connectivity index (χ0n) is 22.9. The quantitative estimate of drug-likeness (QED) is 0.138. The van der Waals surface area contributed by atoms with Crippen molar-refractivity contribution in [2.45, 2.75) is 22.7 Å². The van der Waals surface area contributed by atoms with Crippen molar-refractivity contribution < 1.29 is 33.0 Å². The third kappa shape index (κ3) is 5.47. The number of aryl methyl sites for hydroxylation is 1. The summed E-state index contributed by atoms with van der Waals surface area (Å²) < 4.78 is 28.1. The van der Waals surface area contributed by atoms with Crippen LogP contribution in [0.2, 0.25) is 0 Å². The number of thiazole rings is 1. The number of β-lactam (4-membered cyclic amide) rings is 1. The van der Waals surface area contributed by atoms with Gasteiger partial charge in [-0.15, -0.1) is 23.1 Å². The van der Waals surface area contributed by atoms with Gasteiger partial charge in [-0.25, -0.2) is 14.3 Å². The second-order valence-corrected chi connectivity index (χ2v) is 11.9. The summed E-state index contributed by atoms with van der Waals surface area (Å²) in [5.41, 5.74) is 6.49. The van der Waals surface area contributed by atoms with E-state index >= 15 is 0 Å². The number of aromatic nitrogens is 4. The average molecular weight is 609 g/mol. The Morgan fingerprint density at radius 2 is 2.21 bits per heavy atom. The molecule has 0 aliphatic carbocycles. The predicted molar refractivity (Wildman–Crippen MR) is 147 cm³/mol. The van der Waals surface area contributed by atoms with E-state index in [0.29, 0.717) is 20.5 Å². The van der Waals surface area contributed by atoms with E-state index in [9.17, 15) is 19.5 Å². The van der Waals surface area contributed by atoms with Gasteiger partial charge in [0.15, 0.2) is 21.9 Å². The maximum atomic E-state index is 13.1. The predicted octanol–water partition coefficient (Wildman–Crippen LogP) is 1.30. The Hall–Kier alpha value is -3.54. The average Bonchev–Trinajstić information content (AvgIpc) is 3.60. The molecule has 0 aromatic carbocycles. The minimum absolute atomic E-state index is 0.0528. The molecule has 3 aromatic heterocycles. The maximum absolute atomic E-state index is 13.1. The third-order valence-electron chi connectivity index (χ3n) is 5.39. The fourth-order valence-electron chi connectivity index (χ4n) is 3.66. The number of oxime groups is 1. The number of thioether (sulfide) groups is 2. The van der Waals surface area contributed by atoms with E-state index in [-0.39, 0.29) is 34.7 Å². The number of anilines is 1. The van der Waals surface area contributed by atoms with Gasteiger partial charge in [-0.1, -0.05) is 16.9 Å². The molecule has 5 heterocycles. The van der Waals surface area contributed by atoms with Crippen LogP contribution in [0.3, 0.4) is 0 Å². The standard InChI is InChI=1S/C22H20N8O5S4/c1-3-35-27-13(16-26-21(23)39-28-16)17(31)25-14-18(32)30-15(20(33)34)12(9-36-19(14)30)38-22-24-11(8-37-22)10-4-6-29(2)7-5-10/h4-8,14,19H,3,9H2,1-2H3,(H3-,23,25,26,28,31,33,34)/p+1/b27-13-/t14-,19-/m1/s1/i2D3. The largest absolute Gasteiger partial charge is 0.477 e. The molecule has 17 heteroatoms. The number of carbonyl (C=O) groups is 3. The molecule has 0 unspecified atom stereocenters. The number of pyridine rings is 1. The minimum Gasteiger partial charge on any atom is -0.477 e. The molecule has 13 nitrogen and oxygen atoms in total. The Kier molecular flexibility index (Phi) is 6.76. The molecular formula is C22H21N8O5S4+. The minimum atomic E-state index is -2.29. The number of hydrogen-bond acceptors (Lipinski definition) is 13. The summed E-state index contributed by atoms with van der Waals surface area (Å²) >= 11 is 4.60. The normalized spacial score (nSPS) is 20.4. The van der Waals surface area contributed by atoms with Crippen LogP contribution in [0.5, 0.6) is 0 Å². The highest BCUT2D eigenvalue weighted by molar-refractivity contribution is 8.07. The number of nitrogens with one attached hydrogen (secondary N) is 1. The molecule has 2 aliphatic heterocycles. The van der Waals surface area contributed by atoms with Crippen molar-refractivity contribution >= 4 is 75.0 Å². The number of carboxylic acids is 1. The lowest BCUT2D eigenvalue weighted by molar-refractivity contribution is -0.671. The number of carboxylic acid groups (broad SMARTS) is 1. The van der Waals surface area contributed by atoms with Gasteiger partial charge in [-0.05, 0) is 6.92 Å². The lowest BCUT2D eigenvalue weighted by atomic mass is 10.0. The molecule has 5 rings (SSSR count). The molecule has 0 bridgehead atoms. The second-order valence-electron chi connectivity index (χ2n) is 7.85. The fraction of sp³-hybridized carbons (Fsp3) is 0.273. The highest BCUT2D eigenvalue weighted by atomic mass is 32.2. The lowest BCUT2D eigenvalue weighted by Crippen LogP contribution is -2.71. The van der Waals surface area contributed by atoms with Gasteiger partial charge >= 0.3 is 5.97 Å². The summed E-state index contributed by atoms with van der Waals surface area (Å²) in [6, 6.07) is 2.26. The summed E-state index contributed by atoms with van der Waals surface area (Å²) in [7, 11) is 0. The first-order valence-corrected chi connectivity index (χ1v) is 14.7. The van der Waals surface area contributed by atoms with Crippen molar-refractivity contribution in [3.05, 3.63) is 46.3 Å². The number of carbonyl (C=O) groups excluding carboxylic acids is 2. The van der Waals surface area contributed by atoms with Gasteiger partial charge in [0.05, 0.1) is 5.69 Å². The topological polar surface area (TPSA) is 177 Å². The van der Waals surface area contributed by atoms with Crippen molar-refractivity contribution in [2.24, 2.45) is 12.1 Å². The molecule has 1 fully saturated rings. The second kappa shape index (κ2) is 11.3. The zero-order valence-corrected chi connectivity index (χ0v) is 23.2. The first-order valence-electron chi connectivity index (χ1n) is 12.6. The number of amides is 2.